The number of likely N-dealkylation sites (N-methyl/N-ethyl adjacent to an activating group) is 1. The molecule has 0 aromatic heterocycles. The molecule has 0 radical (unpaired) electrons. The van der Waals surface area contributed by atoms with Crippen LogP contribution < -0.4 is 15.4 Å². The summed E-state index contributed by atoms with van der Waals surface area (Å²) in [6, 6.07) is 10.9. The number of methoxy groups -OCH3 is 1. The molecule has 2 aromatic carbocycles. The second-order valence-electron chi connectivity index (χ2n) is 9.50. The molecule has 0 bridgehead atoms. The molecule has 3 amide bonds. The molecule has 35 heavy (non-hydrogen) atoms. The molecule has 0 aliphatic rings. The van der Waals surface area contributed by atoms with Gasteiger partial charge in [0.15, 0.2) is 0 Å². The Morgan fingerprint density at radius 3 is 2.11 bits per heavy atom. The van der Waals surface area contributed by atoms with Gasteiger partial charge in [-0.1, -0.05) is 32.0 Å². The van der Waals surface area contributed by atoms with Gasteiger partial charge >= 0.3 is 6.09 Å². The van der Waals surface area contributed by atoms with E-state index in [0.717, 1.165) is 0 Å². The zero-order valence-corrected chi connectivity index (χ0v) is 21.3. The first kappa shape index (κ1) is 27.5. The molecular formula is C26H35N3O6. The predicted molar refractivity (Wildman–Crippen MR) is 133 cm³/mol. The standard InChI is InChI=1S/C26H35N3O6/c1-16(2)21(28-25(33)35-26(3,4)5)24(32)29(6)22(19-10-8-9-11-20(19)30)23(31)27-17-12-14-18(34-7)15-13-17/h8-16,21-22,30H,1-7H3,(H,27,31)(H,28,33). The zero-order valence-electron chi connectivity index (χ0n) is 21.3. The second-order valence-corrected chi connectivity index (χ2v) is 9.50. The summed E-state index contributed by atoms with van der Waals surface area (Å²) in [7, 11) is 3.00. The first-order valence-corrected chi connectivity index (χ1v) is 11.3. The first-order chi connectivity index (χ1) is 16.3. The number of carbonyl (C=O) groups is 3. The molecule has 0 spiro atoms. The number of hydrogen-bond acceptors (Lipinski definition) is 6. The smallest absolute Gasteiger partial charge is 0.408 e. The summed E-state index contributed by atoms with van der Waals surface area (Å²) in [4.78, 5) is 40.5. The quantitative estimate of drug-likeness (QED) is 0.519. The lowest BCUT2D eigenvalue weighted by molar-refractivity contribution is -0.140. The summed E-state index contributed by atoms with van der Waals surface area (Å²) in [5, 5.41) is 15.9. The average molecular weight is 486 g/mol. The summed E-state index contributed by atoms with van der Waals surface area (Å²) < 4.78 is 10.5. The van der Waals surface area contributed by atoms with Gasteiger partial charge in [0, 0.05) is 18.3 Å². The zero-order chi connectivity index (χ0) is 26.3. The number of benzene rings is 2. The summed E-state index contributed by atoms with van der Waals surface area (Å²) in [5.41, 5.74) is -0.00419. The Labute approximate surface area is 206 Å². The van der Waals surface area contributed by atoms with E-state index in [9.17, 15) is 19.5 Å². The third-order valence-corrected chi connectivity index (χ3v) is 5.18. The topological polar surface area (TPSA) is 117 Å². The van der Waals surface area contributed by atoms with Crippen molar-refractivity contribution in [2.45, 2.75) is 52.3 Å². The van der Waals surface area contributed by atoms with E-state index in [1.165, 1.54) is 18.0 Å². The molecule has 9 heteroatoms. The number of phenolic OH excluding ortho intramolecular Hbond substituents is 1. The molecule has 3 N–H and O–H groups in total. The van der Waals surface area contributed by atoms with E-state index in [0.29, 0.717) is 11.4 Å². The van der Waals surface area contributed by atoms with Crippen molar-refractivity contribution in [3.63, 3.8) is 0 Å². The predicted octanol–water partition coefficient (Wildman–Crippen LogP) is 4.09. The molecular weight excluding hydrogens is 450 g/mol. The maximum atomic E-state index is 13.5. The molecule has 0 heterocycles. The fourth-order valence-corrected chi connectivity index (χ4v) is 3.42. The van der Waals surface area contributed by atoms with Crippen LogP contribution in [0.3, 0.4) is 0 Å². The highest BCUT2D eigenvalue weighted by molar-refractivity contribution is 5.99. The van der Waals surface area contributed by atoms with Gasteiger partial charge in [-0.2, -0.15) is 0 Å². The Bertz CT molecular complexity index is 1030. The molecule has 190 valence electrons. The summed E-state index contributed by atoms with van der Waals surface area (Å²) in [5.74, 6) is -0.854. The van der Waals surface area contributed by atoms with Gasteiger partial charge in [0.05, 0.1) is 7.11 Å². The van der Waals surface area contributed by atoms with E-state index in [4.69, 9.17) is 9.47 Å². The number of amides is 3. The maximum absolute atomic E-state index is 13.5. The minimum absolute atomic E-state index is 0.136. The van der Waals surface area contributed by atoms with Gasteiger partial charge < -0.3 is 30.1 Å². The van der Waals surface area contributed by atoms with Crippen molar-refractivity contribution in [2.24, 2.45) is 5.92 Å². The number of nitrogens with zero attached hydrogens (tertiary/aromatic N) is 1. The third kappa shape index (κ3) is 7.63. The molecule has 0 fully saturated rings. The molecule has 2 atom stereocenters. The number of para-hydroxylation sites is 1. The summed E-state index contributed by atoms with van der Waals surface area (Å²) in [6.45, 7) is 8.73. The van der Waals surface area contributed by atoms with E-state index in [1.54, 1.807) is 84.2 Å². The number of aromatic hydroxyl groups is 1. The second kappa shape index (κ2) is 11.6. The highest BCUT2D eigenvalue weighted by atomic mass is 16.6. The fraction of sp³-hybridized carbons (Fsp3) is 0.423. The van der Waals surface area contributed by atoms with Crippen molar-refractivity contribution in [1.82, 2.24) is 10.2 Å². The Kier molecular flexibility index (Phi) is 9.11. The Morgan fingerprint density at radius 2 is 1.60 bits per heavy atom. The molecule has 0 aliphatic heterocycles. The molecule has 0 aliphatic carbocycles. The lowest BCUT2D eigenvalue weighted by Gasteiger charge is -2.33. The van der Waals surface area contributed by atoms with Crippen molar-refractivity contribution >= 4 is 23.6 Å². The molecule has 0 saturated carbocycles. The van der Waals surface area contributed by atoms with Gasteiger partial charge in [0.1, 0.15) is 29.2 Å². The van der Waals surface area contributed by atoms with Crippen LogP contribution in [-0.2, 0) is 14.3 Å². The van der Waals surface area contributed by atoms with Crippen LogP contribution in [0, 0.1) is 5.92 Å². The number of nitrogens with one attached hydrogen (secondary N) is 2. The molecule has 9 nitrogen and oxygen atoms in total. The van der Waals surface area contributed by atoms with E-state index < -0.39 is 35.6 Å². The number of hydrogen-bond donors (Lipinski definition) is 3. The fourth-order valence-electron chi connectivity index (χ4n) is 3.42. The number of alkyl carbamates (subject to hydrolysis) is 1. The van der Waals surface area contributed by atoms with Crippen LogP contribution >= 0.6 is 0 Å². The maximum Gasteiger partial charge on any atom is 0.408 e. The van der Waals surface area contributed by atoms with E-state index in [2.05, 4.69) is 10.6 Å². The van der Waals surface area contributed by atoms with Crippen LogP contribution in [0.2, 0.25) is 0 Å². The highest BCUT2D eigenvalue weighted by Crippen LogP contribution is 2.30. The van der Waals surface area contributed by atoms with E-state index >= 15 is 0 Å². The minimum atomic E-state index is -1.17. The third-order valence-electron chi connectivity index (χ3n) is 5.18. The van der Waals surface area contributed by atoms with Crippen molar-refractivity contribution in [2.75, 3.05) is 19.5 Å². The number of ether oxygens (including phenoxy) is 2. The first-order valence-electron chi connectivity index (χ1n) is 11.3. The van der Waals surface area contributed by atoms with Gasteiger partial charge in [-0.05, 0) is 57.0 Å². The number of carbonyl (C=O) groups excluding carboxylic acids is 3. The minimum Gasteiger partial charge on any atom is -0.508 e. The normalized spacial score (nSPS) is 12.9. The van der Waals surface area contributed by atoms with Crippen LogP contribution in [0.5, 0.6) is 11.5 Å². The monoisotopic (exact) mass is 485 g/mol. The largest absolute Gasteiger partial charge is 0.508 e. The number of rotatable bonds is 8. The lowest BCUT2D eigenvalue weighted by atomic mass is 9.99. The van der Waals surface area contributed by atoms with Crippen LogP contribution in [0.1, 0.15) is 46.2 Å². The molecule has 2 rings (SSSR count). The SMILES string of the molecule is COc1ccc(NC(=O)C(c2ccccc2O)N(C)C(=O)C(NC(=O)OC(C)(C)C)C(C)C)cc1. The van der Waals surface area contributed by atoms with Gasteiger partial charge in [0.2, 0.25) is 5.91 Å². The van der Waals surface area contributed by atoms with Crippen molar-refractivity contribution < 1.29 is 29.0 Å². The van der Waals surface area contributed by atoms with E-state index in [1.807, 2.05) is 0 Å². The van der Waals surface area contributed by atoms with Crippen molar-refractivity contribution in [3.8, 4) is 11.5 Å². The van der Waals surface area contributed by atoms with Crippen molar-refractivity contribution in [1.29, 1.82) is 0 Å². The Hall–Kier alpha value is -3.75. The van der Waals surface area contributed by atoms with Gasteiger partial charge in [-0.15, -0.1) is 0 Å². The molecule has 2 aromatic rings. The average Bonchev–Trinajstić information content (AvgIpc) is 2.77. The van der Waals surface area contributed by atoms with Gasteiger partial charge in [-0.25, -0.2) is 4.79 Å². The van der Waals surface area contributed by atoms with E-state index in [-0.39, 0.29) is 17.2 Å². The summed E-state index contributed by atoms with van der Waals surface area (Å²) in [6.07, 6.45) is -0.736. The lowest BCUT2D eigenvalue weighted by Crippen LogP contribution is -2.53. The van der Waals surface area contributed by atoms with Crippen LogP contribution in [0.15, 0.2) is 48.5 Å². The summed E-state index contributed by atoms with van der Waals surface area (Å²) >= 11 is 0. The van der Waals surface area contributed by atoms with Gasteiger partial charge in [0.25, 0.3) is 5.91 Å². The molecule has 0 saturated heterocycles. The number of anilines is 1. The molecule has 2 unspecified atom stereocenters. The van der Waals surface area contributed by atoms with Crippen LogP contribution in [0.4, 0.5) is 10.5 Å². The van der Waals surface area contributed by atoms with Gasteiger partial charge in [-0.3, -0.25) is 9.59 Å². The Balaban J connectivity index is 2.36. The van der Waals surface area contributed by atoms with Crippen LogP contribution in [0.25, 0.3) is 0 Å². The number of phenols is 1. The van der Waals surface area contributed by atoms with Crippen molar-refractivity contribution in [3.05, 3.63) is 54.1 Å². The Morgan fingerprint density at radius 1 is 1.00 bits per heavy atom. The van der Waals surface area contributed by atoms with Crippen LogP contribution in [-0.4, -0.2) is 53.7 Å². The highest BCUT2D eigenvalue weighted by Gasteiger charge is 2.36.